The summed E-state index contributed by atoms with van der Waals surface area (Å²) in [4.78, 5) is 31.1. The van der Waals surface area contributed by atoms with Crippen molar-refractivity contribution in [2.24, 2.45) is 0 Å². The van der Waals surface area contributed by atoms with E-state index in [9.17, 15) is 9.59 Å². The minimum Gasteiger partial charge on any atom is -0.493 e. The molecule has 7 heteroatoms. The highest BCUT2D eigenvalue weighted by Crippen LogP contribution is 2.28. The van der Waals surface area contributed by atoms with E-state index in [4.69, 9.17) is 9.47 Å². The van der Waals surface area contributed by atoms with Gasteiger partial charge in [-0.05, 0) is 47.5 Å². The van der Waals surface area contributed by atoms with Crippen molar-refractivity contribution in [2.75, 3.05) is 33.9 Å². The van der Waals surface area contributed by atoms with Crippen LogP contribution in [0, 0.1) is 0 Å². The molecular weight excluding hydrogens is 460 g/mol. The van der Waals surface area contributed by atoms with Crippen LogP contribution < -0.4 is 9.47 Å². The summed E-state index contributed by atoms with van der Waals surface area (Å²) in [6.45, 7) is 3.72. The first-order valence-electron chi connectivity index (χ1n) is 11.9. The van der Waals surface area contributed by atoms with Gasteiger partial charge in [0.25, 0.3) is 0 Å². The second-order valence-electron chi connectivity index (χ2n) is 8.31. The highest BCUT2D eigenvalue weighted by atomic mass is 32.1. The molecule has 186 valence electrons. The Morgan fingerprint density at radius 3 is 2.26 bits per heavy atom. The van der Waals surface area contributed by atoms with Crippen LogP contribution in [0.25, 0.3) is 0 Å². The summed E-state index contributed by atoms with van der Waals surface area (Å²) < 4.78 is 10.8. The summed E-state index contributed by atoms with van der Waals surface area (Å²) in [5.74, 6) is 1.27. The first-order chi connectivity index (χ1) is 17.0. The van der Waals surface area contributed by atoms with Crippen LogP contribution in [0.15, 0.2) is 66.0 Å². The molecule has 2 aromatic carbocycles. The van der Waals surface area contributed by atoms with Crippen LogP contribution in [0.3, 0.4) is 0 Å². The largest absolute Gasteiger partial charge is 0.493 e. The molecule has 0 spiro atoms. The van der Waals surface area contributed by atoms with Crippen LogP contribution in [-0.2, 0) is 29.0 Å². The van der Waals surface area contributed by atoms with E-state index in [1.54, 1.807) is 30.5 Å². The van der Waals surface area contributed by atoms with E-state index in [0.717, 1.165) is 22.4 Å². The molecule has 3 rings (SSSR count). The number of carbonyl (C=O) groups is 2. The molecule has 0 aliphatic heterocycles. The molecule has 0 saturated heterocycles. The van der Waals surface area contributed by atoms with Gasteiger partial charge in [0.2, 0.25) is 11.8 Å². The lowest BCUT2D eigenvalue weighted by atomic mass is 10.1. The molecule has 0 aliphatic rings. The molecule has 0 bridgehead atoms. The lowest BCUT2D eigenvalue weighted by Gasteiger charge is -2.27. The molecule has 6 nitrogen and oxygen atoms in total. The SMILES string of the molecule is CCCN(CC(=O)N(CCc1ccc(OC)c(OC)c1)Cc1cccs1)C(=O)Cc1ccccc1. The molecule has 0 unspecified atom stereocenters. The molecule has 35 heavy (non-hydrogen) atoms. The summed E-state index contributed by atoms with van der Waals surface area (Å²) >= 11 is 1.63. The van der Waals surface area contributed by atoms with E-state index in [-0.39, 0.29) is 18.4 Å². The Balaban J connectivity index is 1.71. The van der Waals surface area contributed by atoms with Crippen molar-refractivity contribution in [3.8, 4) is 11.5 Å². The minimum atomic E-state index is -0.0475. The molecule has 2 amide bonds. The summed E-state index contributed by atoms with van der Waals surface area (Å²) in [6.07, 6.45) is 1.76. The molecule has 0 radical (unpaired) electrons. The number of carbonyl (C=O) groups excluding carboxylic acids is 2. The van der Waals surface area contributed by atoms with Gasteiger partial charge in [-0.15, -0.1) is 11.3 Å². The van der Waals surface area contributed by atoms with Crippen molar-refractivity contribution in [3.63, 3.8) is 0 Å². The second kappa shape index (κ2) is 13.5. The number of thiophene rings is 1. The average Bonchev–Trinajstić information content (AvgIpc) is 3.39. The lowest BCUT2D eigenvalue weighted by Crippen LogP contribution is -2.44. The number of nitrogens with zero attached hydrogens (tertiary/aromatic N) is 2. The van der Waals surface area contributed by atoms with Gasteiger partial charge in [0.15, 0.2) is 11.5 Å². The lowest BCUT2D eigenvalue weighted by molar-refractivity contribution is -0.140. The van der Waals surface area contributed by atoms with Gasteiger partial charge in [0.05, 0.1) is 33.7 Å². The van der Waals surface area contributed by atoms with Crippen molar-refractivity contribution in [3.05, 3.63) is 82.0 Å². The molecule has 1 aromatic heterocycles. The summed E-state index contributed by atoms with van der Waals surface area (Å²) in [5.41, 5.74) is 2.01. The first-order valence-corrected chi connectivity index (χ1v) is 12.7. The number of methoxy groups -OCH3 is 2. The van der Waals surface area contributed by atoms with Gasteiger partial charge >= 0.3 is 0 Å². The maximum atomic E-state index is 13.4. The molecule has 0 fully saturated rings. The van der Waals surface area contributed by atoms with Crippen molar-refractivity contribution in [1.82, 2.24) is 9.80 Å². The Kier molecular flexibility index (Phi) is 10.2. The Bertz CT molecular complexity index is 1070. The zero-order valence-electron chi connectivity index (χ0n) is 20.7. The normalized spacial score (nSPS) is 10.6. The third kappa shape index (κ3) is 7.86. The van der Waals surface area contributed by atoms with Gasteiger partial charge in [-0.25, -0.2) is 0 Å². The summed E-state index contributed by atoms with van der Waals surface area (Å²) in [7, 11) is 3.23. The molecule has 1 heterocycles. The zero-order valence-corrected chi connectivity index (χ0v) is 21.6. The van der Waals surface area contributed by atoms with E-state index >= 15 is 0 Å². The van der Waals surface area contributed by atoms with Crippen molar-refractivity contribution < 1.29 is 19.1 Å². The number of rotatable bonds is 13. The number of ether oxygens (including phenoxy) is 2. The molecule has 3 aromatic rings. The predicted molar refractivity (Wildman–Crippen MR) is 140 cm³/mol. The van der Waals surface area contributed by atoms with E-state index in [1.165, 1.54) is 0 Å². The van der Waals surface area contributed by atoms with Gasteiger partial charge in [0.1, 0.15) is 0 Å². The molecule has 0 saturated carbocycles. The third-order valence-corrected chi connectivity index (χ3v) is 6.63. The van der Waals surface area contributed by atoms with Crippen LogP contribution >= 0.6 is 11.3 Å². The average molecular weight is 495 g/mol. The van der Waals surface area contributed by atoms with Gasteiger partial charge in [0, 0.05) is 18.0 Å². The quantitative estimate of drug-likeness (QED) is 0.342. The highest BCUT2D eigenvalue weighted by molar-refractivity contribution is 7.09. The predicted octanol–water partition coefficient (Wildman–Crippen LogP) is 4.82. The fourth-order valence-corrected chi connectivity index (χ4v) is 4.61. The number of hydrogen-bond donors (Lipinski definition) is 0. The highest BCUT2D eigenvalue weighted by Gasteiger charge is 2.22. The van der Waals surface area contributed by atoms with Crippen LogP contribution in [0.4, 0.5) is 0 Å². The Morgan fingerprint density at radius 1 is 0.829 bits per heavy atom. The van der Waals surface area contributed by atoms with Crippen molar-refractivity contribution in [2.45, 2.75) is 32.7 Å². The van der Waals surface area contributed by atoms with Gasteiger partial charge in [-0.3, -0.25) is 9.59 Å². The summed E-state index contributed by atoms with van der Waals surface area (Å²) in [5, 5.41) is 2.01. The van der Waals surface area contributed by atoms with Gasteiger partial charge < -0.3 is 19.3 Å². The number of hydrogen-bond acceptors (Lipinski definition) is 5. The molecule has 0 aliphatic carbocycles. The van der Waals surface area contributed by atoms with Crippen LogP contribution in [0.5, 0.6) is 11.5 Å². The van der Waals surface area contributed by atoms with Gasteiger partial charge in [-0.2, -0.15) is 0 Å². The number of benzene rings is 2. The third-order valence-electron chi connectivity index (χ3n) is 5.77. The Morgan fingerprint density at radius 2 is 1.60 bits per heavy atom. The van der Waals surface area contributed by atoms with E-state index in [0.29, 0.717) is 44.0 Å². The zero-order chi connectivity index (χ0) is 25.0. The van der Waals surface area contributed by atoms with Gasteiger partial charge in [-0.1, -0.05) is 49.4 Å². The monoisotopic (exact) mass is 494 g/mol. The fourth-order valence-electron chi connectivity index (χ4n) is 3.89. The molecular formula is C28H34N2O4S. The number of amides is 2. The van der Waals surface area contributed by atoms with Crippen LogP contribution in [0.1, 0.15) is 29.3 Å². The van der Waals surface area contributed by atoms with Crippen LogP contribution in [-0.4, -0.2) is 55.5 Å². The standard InChI is InChI=1S/C28H34N2O4S/c1-4-15-29(27(31)19-22-9-6-5-7-10-22)21-28(32)30(20-24-11-8-17-35-24)16-14-23-12-13-25(33-2)26(18-23)34-3/h5-13,17-18H,4,14-16,19-21H2,1-3H3. The second-order valence-corrected chi connectivity index (χ2v) is 9.34. The van der Waals surface area contributed by atoms with Crippen LogP contribution in [0.2, 0.25) is 0 Å². The van der Waals surface area contributed by atoms with Crippen molar-refractivity contribution in [1.29, 1.82) is 0 Å². The fraction of sp³-hybridized carbons (Fsp3) is 0.357. The minimum absolute atomic E-state index is 0.0256. The first kappa shape index (κ1) is 26.3. The Hall–Kier alpha value is -3.32. The van der Waals surface area contributed by atoms with E-state index in [1.807, 2.05) is 77.9 Å². The topological polar surface area (TPSA) is 59.1 Å². The maximum Gasteiger partial charge on any atom is 0.242 e. The molecule has 0 atom stereocenters. The Labute approximate surface area is 212 Å². The van der Waals surface area contributed by atoms with E-state index in [2.05, 4.69) is 0 Å². The summed E-state index contributed by atoms with van der Waals surface area (Å²) in [6, 6.07) is 19.5. The van der Waals surface area contributed by atoms with Crippen molar-refractivity contribution >= 4 is 23.2 Å². The smallest absolute Gasteiger partial charge is 0.242 e. The van der Waals surface area contributed by atoms with E-state index < -0.39 is 0 Å². The molecule has 0 N–H and O–H groups in total. The maximum absolute atomic E-state index is 13.4.